The van der Waals surface area contributed by atoms with E-state index in [1.807, 2.05) is 25.4 Å². The molecule has 2 rings (SSSR count). The van der Waals surface area contributed by atoms with Crippen molar-refractivity contribution >= 4 is 17.0 Å². The van der Waals surface area contributed by atoms with Crippen molar-refractivity contribution in [2.24, 2.45) is 5.92 Å². The predicted octanol–water partition coefficient (Wildman–Crippen LogP) is 3.85. The average molecular weight is 346 g/mol. The number of allylic oxidation sites excluding steroid dienone is 1. The Bertz CT molecular complexity index is 731. The predicted molar refractivity (Wildman–Crippen MR) is 97.3 cm³/mol. The number of nitrogens with one attached hydrogen (secondary N) is 3. The molecule has 1 aliphatic heterocycles. The highest BCUT2D eigenvalue weighted by Crippen LogP contribution is 2.28. The molecule has 0 spiro atoms. The zero-order valence-electron chi connectivity index (χ0n) is 14.2. The monoisotopic (exact) mass is 346 g/mol. The number of nitrogens with zero attached hydrogens (tertiary/aromatic N) is 1. The van der Waals surface area contributed by atoms with E-state index < -0.39 is 16.7 Å². The van der Waals surface area contributed by atoms with E-state index in [0.717, 1.165) is 28.9 Å². The van der Waals surface area contributed by atoms with Crippen LogP contribution >= 0.6 is 0 Å². The highest BCUT2D eigenvalue weighted by molar-refractivity contribution is 7.88. The standard InChI is InChI=1S/C18H23FN4S/c1-12(2)17-7-5-14(18(11-22-3)24(21)23-17)8-13-4-6-16(19)15(9-13)10-20/h4,6,8-9,11-12,17,22H,5,7H2,1-3H3,(H2,21,23)/b14-8+,18-11?. The molecular weight excluding hydrogens is 323 g/mol. The van der Waals surface area contributed by atoms with E-state index in [2.05, 4.69) is 23.9 Å². The molecule has 1 heterocycles. The summed E-state index contributed by atoms with van der Waals surface area (Å²) in [5, 5.41) is 12.0. The van der Waals surface area contributed by atoms with Gasteiger partial charge in [-0.15, -0.1) is 0 Å². The third kappa shape index (κ3) is 4.31. The van der Waals surface area contributed by atoms with E-state index in [1.54, 1.807) is 12.1 Å². The van der Waals surface area contributed by atoms with Gasteiger partial charge in [0.2, 0.25) is 0 Å². The normalized spacial score (nSPS) is 24.8. The molecule has 2 atom stereocenters. The fourth-order valence-electron chi connectivity index (χ4n) is 2.65. The van der Waals surface area contributed by atoms with Crippen molar-refractivity contribution in [1.82, 2.24) is 10.0 Å². The Morgan fingerprint density at radius 2 is 2.25 bits per heavy atom. The molecule has 0 bridgehead atoms. The smallest absolute Gasteiger partial charge is 0.140 e. The van der Waals surface area contributed by atoms with Crippen LogP contribution in [0.5, 0.6) is 0 Å². The van der Waals surface area contributed by atoms with E-state index in [0.29, 0.717) is 12.0 Å². The van der Waals surface area contributed by atoms with Crippen molar-refractivity contribution in [3.8, 4) is 6.07 Å². The van der Waals surface area contributed by atoms with Gasteiger partial charge in [0.15, 0.2) is 0 Å². The number of rotatable bonds is 3. The summed E-state index contributed by atoms with van der Waals surface area (Å²) in [7, 11) is 0.998. The summed E-state index contributed by atoms with van der Waals surface area (Å²) in [4.78, 5) is 0.906. The SMILES string of the molecule is CNC=C1/C(=C/c2ccc(F)c(C#N)c2)CCC(C(C)C)NS1=N. The molecule has 2 unspecified atom stereocenters. The first-order chi connectivity index (χ1) is 11.5. The maximum Gasteiger partial charge on any atom is 0.140 e. The maximum absolute atomic E-state index is 13.5. The zero-order chi connectivity index (χ0) is 17.7. The molecule has 1 fully saturated rings. The Hall–Kier alpha value is -1.97. The van der Waals surface area contributed by atoms with Crippen LogP contribution in [0.3, 0.4) is 0 Å². The third-order valence-electron chi connectivity index (χ3n) is 4.06. The van der Waals surface area contributed by atoms with E-state index in [-0.39, 0.29) is 5.56 Å². The molecule has 6 heteroatoms. The molecule has 0 amide bonds. The van der Waals surface area contributed by atoms with Crippen molar-refractivity contribution in [3.63, 3.8) is 0 Å². The lowest BCUT2D eigenvalue weighted by atomic mass is 9.96. The molecule has 1 aromatic carbocycles. The Morgan fingerprint density at radius 1 is 1.50 bits per heavy atom. The number of benzene rings is 1. The molecule has 0 aliphatic carbocycles. The second-order valence-electron chi connectivity index (χ2n) is 6.13. The molecule has 0 aromatic heterocycles. The van der Waals surface area contributed by atoms with Gasteiger partial charge in [-0.3, -0.25) is 4.78 Å². The first kappa shape index (κ1) is 18.4. The van der Waals surface area contributed by atoms with Crippen molar-refractivity contribution in [3.05, 3.63) is 51.8 Å². The van der Waals surface area contributed by atoms with Crippen LogP contribution in [-0.2, 0) is 10.9 Å². The Labute approximate surface area is 145 Å². The third-order valence-corrected chi connectivity index (χ3v) is 5.42. The molecule has 24 heavy (non-hydrogen) atoms. The van der Waals surface area contributed by atoms with Crippen molar-refractivity contribution in [2.75, 3.05) is 7.05 Å². The average Bonchev–Trinajstić information content (AvgIpc) is 2.70. The zero-order valence-corrected chi connectivity index (χ0v) is 15.0. The van der Waals surface area contributed by atoms with Gasteiger partial charge >= 0.3 is 0 Å². The van der Waals surface area contributed by atoms with Gasteiger partial charge in [-0.1, -0.05) is 26.0 Å². The first-order valence-electron chi connectivity index (χ1n) is 7.96. The van der Waals surface area contributed by atoms with Crippen LogP contribution < -0.4 is 10.0 Å². The highest BCUT2D eigenvalue weighted by Gasteiger charge is 2.23. The molecule has 1 aromatic rings. The van der Waals surface area contributed by atoms with Crippen LogP contribution in [0, 0.1) is 27.8 Å². The summed E-state index contributed by atoms with van der Waals surface area (Å²) in [6.45, 7) is 4.31. The second kappa shape index (κ2) is 8.22. The minimum absolute atomic E-state index is 0.0418. The van der Waals surface area contributed by atoms with Crippen LogP contribution in [0.2, 0.25) is 0 Å². The number of hydrogen-bond acceptors (Lipinski definition) is 3. The largest absolute Gasteiger partial charge is 0.393 e. The summed E-state index contributed by atoms with van der Waals surface area (Å²) >= 11 is 0. The summed E-state index contributed by atoms with van der Waals surface area (Å²) in [5.41, 5.74) is 1.87. The highest BCUT2D eigenvalue weighted by atomic mass is 32.2. The fraction of sp³-hybridized carbons (Fsp3) is 0.389. The molecule has 3 N–H and O–H groups in total. The van der Waals surface area contributed by atoms with Crippen LogP contribution in [0.1, 0.15) is 37.8 Å². The van der Waals surface area contributed by atoms with Gasteiger partial charge in [-0.05, 0) is 52.9 Å². The lowest BCUT2D eigenvalue weighted by Gasteiger charge is -2.19. The lowest BCUT2D eigenvalue weighted by molar-refractivity contribution is 0.443. The quantitative estimate of drug-likeness (QED) is 0.778. The minimum atomic E-state index is -0.820. The van der Waals surface area contributed by atoms with Crippen LogP contribution in [0.15, 0.2) is 34.9 Å². The summed E-state index contributed by atoms with van der Waals surface area (Å²) in [5.74, 6) is -0.0511. The molecule has 0 radical (unpaired) electrons. The second-order valence-corrected chi connectivity index (χ2v) is 7.42. The molecule has 128 valence electrons. The molecular formula is C18H23FN4S. The van der Waals surface area contributed by atoms with E-state index in [1.165, 1.54) is 6.07 Å². The summed E-state index contributed by atoms with van der Waals surface area (Å²) in [6, 6.07) is 6.71. The topological polar surface area (TPSA) is 71.7 Å². The molecule has 0 saturated carbocycles. The summed E-state index contributed by atoms with van der Waals surface area (Å²) in [6.07, 6.45) is 5.60. The van der Waals surface area contributed by atoms with Crippen LogP contribution in [-0.4, -0.2) is 13.1 Å². The lowest BCUT2D eigenvalue weighted by Crippen LogP contribution is -2.33. The number of halogens is 1. The van der Waals surface area contributed by atoms with Gasteiger partial charge < -0.3 is 5.32 Å². The van der Waals surface area contributed by atoms with Gasteiger partial charge in [0.1, 0.15) is 11.9 Å². The van der Waals surface area contributed by atoms with Gasteiger partial charge in [0.25, 0.3) is 0 Å². The van der Waals surface area contributed by atoms with E-state index >= 15 is 0 Å². The van der Waals surface area contributed by atoms with Crippen LogP contribution in [0.25, 0.3) is 6.08 Å². The molecule has 1 saturated heterocycles. The Morgan fingerprint density at radius 3 is 2.88 bits per heavy atom. The van der Waals surface area contributed by atoms with Crippen molar-refractivity contribution < 1.29 is 4.39 Å². The number of nitriles is 1. The molecule has 1 aliphatic rings. The number of hydrogen-bond donors (Lipinski definition) is 3. The van der Waals surface area contributed by atoms with Gasteiger partial charge in [-0.2, -0.15) is 5.26 Å². The van der Waals surface area contributed by atoms with E-state index in [4.69, 9.17) is 10.0 Å². The maximum atomic E-state index is 13.5. The fourth-order valence-corrected chi connectivity index (χ4v) is 4.13. The van der Waals surface area contributed by atoms with Crippen molar-refractivity contribution in [2.45, 2.75) is 32.7 Å². The minimum Gasteiger partial charge on any atom is -0.393 e. The first-order valence-corrected chi connectivity index (χ1v) is 9.18. The van der Waals surface area contributed by atoms with Gasteiger partial charge in [0, 0.05) is 19.3 Å². The molecule has 4 nitrogen and oxygen atoms in total. The van der Waals surface area contributed by atoms with Crippen LogP contribution in [0.4, 0.5) is 4.39 Å². The summed E-state index contributed by atoms with van der Waals surface area (Å²) < 4.78 is 25.4. The van der Waals surface area contributed by atoms with Gasteiger partial charge in [0.05, 0.1) is 10.5 Å². The van der Waals surface area contributed by atoms with E-state index in [9.17, 15) is 4.39 Å². The van der Waals surface area contributed by atoms with Gasteiger partial charge in [-0.25, -0.2) is 9.11 Å². The van der Waals surface area contributed by atoms with Crippen molar-refractivity contribution in [1.29, 1.82) is 10.0 Å². The Kier molecular flexibility index (Phi) is 6.29. The Balaban J connectivity index is 2.43.